The number of amides is 1. The topological polar surface area (TPSA) is 38.3 Å². The van der Waals surface area contributed by atoms with Crippen LogP contribution in [0.4, 0.5) is 0 Å². The zero-order chi connectivity index (χ0) is 13.8. The molecule has 0 aromatic heterocycles. The lowest BCUT2D eigenvalue weighted by Gasteiger charge is -2.27. The molecule has 1 aromatic carbocycles. The molecule has 0 saturated carbocycles. The summed E-state index contributed by atoms with van der Waals surface area (Å²) in [5.41, 5.74) is 0.952. The van der Waals surface area contributed by atoms with Crippen LogP contribution >= 0.6 is 0 Å². The van der Waals surface area contributed by atoms with Crippen LogP contribution in [0.15, 0.2) is 24.3 Å². The van der Waals surface area contributed by atoms with E-state index in [9.17, 15) is 4.79 Å². The van der Waals surface area contributed by atoms with Crippen LogP contribution in [0.25, 0.3) is 0 Å². The van der Waals surface area contributed by atoms with E-state index in [1.807, 2.05) is 38.1 Å². The van der Waals surface area contributed by atoms with Crippen LogP contribution in [0.2, 0.25) is 0 Å². The van der Waals surface area contributed by atoms with Gasteiger partial charge < -0.3 is 10.1 Å². The van der Waals surface area contributed by atoms with Gasteiger partial charge in [0.15, 0.2) is 0 Å². The Morgan fingerprint density at radius 2 is 1.94 bits per heavy atom. The first kappa shape index (κ1) is 14.6. The lowest BCUT2D eigenvalue weighted by Crippen LogP contribution is -2.38. The molecule has 1 aromatic rings. The highest BCUT2D eigenvalue weighted by atomic mass is 16.5. The minimum atomic E-state index is -0.156. The van der Waals surface area contributed by atoms with Crippen molar-refractivity contribution in [3.63, 3.8) is 0 Å². The first-order valence-electron chi connectivity index (χ1n) is 6.29. The average Bonchev–Trinajstić information content (AvgIpc) is 2.35. The molecule has 0 saturated heterocycles. The van der Waals surface area contributed by atoms with Gasteiger partial charge in [0.1, 0.15) is 5.75 Å². The maximum Gasteiger partial charge on any atom is 0.222 e. The molecule has 0 aliphatic rings. The summed E-state index contributed by atoms with van der Waals surface area (Å²) in [7, 11) is 1.67. The first-order chi connectivity index (χ1) is 8.38. The summed E-state index contributed by atoms with van der Waals surface area (Å²) in [6.45, 7) is 8.60. The Balaban J connectivity index is 2.82. The standard InChI is InChI=1S/C15H23NO2/c1-11(2)14(17)16-10-15(3,4)12-8-6-7-9-13(12)18-5/h6-9,11H,10H2,1-5H3,(H,16,17). The SMILES string of the molecule is COc1ccccc1C(C)(C)CNC(=O)C(C)C. The first-order valence-corrected chi connectivity index (χ1v) is 6.29. The summed E-state index contributed by atoms with van der Waals surface area (Å²) in [4.78, 5) is 11.6. The second-order valence-corrected chi connectivity index (χ2v) is 5.46. The number of methoxy groups -OCH3 is 1. The van der Waals surface area contributed by atoms with Gasteiger partial charge in [0.25, 0.3) is 0 Å². The molecular formula is C15H23NO2. The highest BCUT2D eigenvalue weighted by Crippen LogP contribution is 2.30. The summed E-state index contributed by atoms with van der Waals surface area (Å²) in [5.74, 6) is 0.956. The third-order valence-electron chi connectivity index (χ3n) is 3.07. The quantitative estimate of drug-likeness (QED) is 0.871. The third kappa shape index (κ3) is 3.49. The largest absolute Gasteiger partial charge is 0.496 e. The van der Waals surface area contributed by atoms with E-state index in [4.69, 9.17) is 4.74 Å². The Hall–Kier alpha value is -1.51. The van der Waals surface area contributed by atoms with Gasteiger partial charge in [0, 0.05) is 23.4 Å². The number of carbonyl (C=O) groups excluding carboxylic acids is 1. The zero-order valence-corrected chi connectivity index (χ0v) is 11.9. The van der Waals surface area contributed by atoms with Crippen molar-refractivity contribution in [2.45, 2.75) is 33.1 Å². The fraction of sp³-hybridized carbons (Fsp3) is 0.533. The molecule has 0 bridgehead atoms. The highest BCUT2D eigenvalue weighted by Gasteiger charge is 2.25. The summed E-state index contributed by atoms with van der Waals surface area (Å²) in [6.07, 6.45) is 0. The molecule has 0 radical (unpaired) electrons. The molecule has 0 atom stereocenters. The molecule has 0 heterocycles. The second-order valence-electron chi connectivity index (χ2n) is 5.46. The van der Waals surface area contributed by atoms with Crippen LogP contribution in [0.1, 0.15) is 33.3 Å². The minimum absolute atomic E-state index is 0.0125. The van der Waals surface area contributed by atoms with Crippen LogP contribution in [0, 0.1) is 5.92 Å². The van der Waals surface area contributed by atoms with Crippen molar-refractivity contribution < 1.29 is 9.53 Å². The van der Waals surface area contributed by atoms with E-state index in [2.05, 4.69) is 19.2 Å². The van der Waals surface area contributed by atoms with Gasteiger partial charge in [0.05, 0.1) is 7.11 Å². The fourth-order valence-electron chi connectivity index (χ4n) is 1.81. The maximum absolute atomic E-state index is 11.6. The molecule has 100 valence electrons. The molecule has 0 unspecified atom stereocenters. The lowest BCUT2D eigenvalue weighted by molar-refractivity contribution is -0.124. The number of rotatable bonds is 5. The number of hydrogen-bond donors (Lipinski definition) is 1. The molecule has 0 spiro atoms. The van der Waals surface area contributed by atoms with Crippen molar-refractivity contribution in [2.24, 2.45) is 5.92 Å². The maximum atomic E-state index is 11.6. The molecule has 0 aliphatic carbocycles. The average molecular weight is 249 g/mol. The van der Waals surface area contributed by atoms with Crippen LogP contribution in [0.3, 0.4) is 0 Å². The molecule has 1 amide bonds. The molecule has 3 nitrogen and oxygen atoms in total. The monoisotopic (exact) mass is 249 g/mol. The predicted molar refractivity (Wildman–Crippen MR) is 73.9 cm³/mol. The van der Waals surface area contributed by atoms with E-state index in [1.165, 1.54) is 0 Å². The summed E-state index contributed by atoms with van der Waals surface area (Å²) in [6, 6.07) is 7.93. The highest BCUT2D eigenvalue weighted by molar-refractivity contribution is 5.77. The van der Waals surface area contributed by atoms with Crippen molar-refractivity contribution in [1.82, 2.24) is 5.32 Å². The Labute approximate surface area is 110 Å². The summed E-state index contributed by atoms with van der Waals surface area (Å²) < 4.78 is 5.37. The third-order valence-corrected chi connectivity index (χ3v) is 3.07. The van der Waals surface area contributed by atoms with Gasteiger partial charge in [-0.25, -0.2) is 0 Å². The molecule has 0 fully saturated rings. The number of nitrogens with one attached hydrogen (secondary N) is 1. The van der Waals surface area contributed by atoms with Crippen molar-refractivity contribution in [1.29, 1.82) is 0 Å². The van der Waals surface area contributed by atoms with E-state index >= 15 is 0 Å². The summed E-state index contributed by atoms with van der Waals surface area (Å²) >= 11 is 0. The molecule has 3 heteroatoms. The number of ether oxygens (including phenoxy) is 1. The minimum Gasteiger partial charge on any atom is -0.496 e. The van der Waals surface area contributed by atoms with Gasteiger partial charge in [-0.15, -0.1) is 0 Å². The molecule has 18 heavy (non-hydrogen) atoms. The van der Waals surface area contributed by atoms with Crippen LogP contribution in [-0.4, -0.2) is 19.6 Å². The van der Waals surface area contributed by atoms with Gasteiger partial charge in [-0.2, -0.15) is 0 Å². The van der Waals surface area contributed by atoms with Gasteiger partial charge in [-0.3, -0.25) is 4.79 Å². The number of hydrogen-bond acceptors (Lipinski definition) is 2. The van der Waals surface area contributed by atoms with E-state index in [1.54, 1.807) is 7.11 Å². The van der Waals surface area contributed by atoms with E-state index in [0.717, 1.165) is 11.3 Å². The Bertz CT molecular complexity index is 411. The second kappa shape index (κ2) is 5.89. The molecule has 0 aliphatic heterocycles. The van der Waals surface area contributed by atoms with E-state index in [0.29, 0.717) is 6.54 Å². The van der Waals surface area contributed by atoms with Crippen molar-refractivity contribution in [3.05, 3.63) is 29.8 Å². The molecular weight excluding hydrogens is 226 g/mol. The zero-order valence-electron chi connectivity index (χ0n) is 11.9. The fourth-order valence-corrected chi connectivity index (χ4v) is 1.81. The van der Waals surface area contributed by atoms with Gasteiger partial charge in [-0.1, -0.05) is 45.9 Å². The normalized spacial score (nSPS) is 11.4. The van der Waals surface area contributed by atoms with Crippen molar-refractivity contribution in [2.75, 3.05) is 13.7 Å². The van der Waals surface area contributed by atoms with Gasteiger partial charge >= 0.3 is 0 Å². The number of para-hydroxylation sites is 1. The van der Waals surface area contributed by atoms with E-state index < -0.39 is 0 Å². The number of benzene rings is 1. The van der Waals surface area contributed by atoms with E-state index in [-0.39, 0.29) is 17.2 Å². The van der Waals surface area contributed by atoms with Gasteiger partial charge in [-0.05, 0) is 6.07 Å². The molecule has 1 N–H and O–H groups in total. The Kier molecular flexibility index (Phi) is 4.76. The Morgan fingerprint density at radius 1 is 1.33 bits per heavy atom. The van der Waals surface area contributed by atoms with Crippen LogP contribution in [-0.2, 0) is 10.2 Å². The smallest absolute Gasteiger partial charge is 0.222 e. The van der Waals surface area contributed by atoms with Crippen LogP contribution in [0.5, 0.6) is 5.75 Å². The summed E-state index contributed by atoms with van der Waals surface area (Å²) in [5, 5.41) is 2.98. The van der Waals surface area contributed by atoms with Crippen molar-refractivity contribution in [3.8, 4) is 5.75 Å². The van der Waals surface area contributed by atoms with Crippen LogP contribution < -0.4 is 10.1 Å². The Morgan fingerprint density at radius 3 is 2.50 bits per heavy atom. The van der Waals surface area contributed by atoms with Gasteiger partial charge in [0.2, 0.25) is 5.91 Å². The predicted octanol–water partition coefficient (Wildman–Crippen LogP) is 2.75. The lowest BCUT2D eigenvalue weighted by atomic mass is 9.84. The molecule has 1 rings (SSSR count). The number of carbonyl (C=O) groups is 1. The van der Waals surface area contributed by atoms with Crippen molar-refractivity contribution >= 4 is 5.91 Å².